The highest BCUT2D eigenvalue weighted by Crippen LogP contribution is 2.35. The zero-order chi connectivity index (χ0) is 20.8. The van der Waals surface area contributed by atoms with Gasteiger partial charge in [-0.3, -0.25) is 0 Å². The summed E-state index contributed by atoms with van der Waals surface area (Å²) in [5.41, 5.74) is 3.27. The maximum Gasteiger partial charge on any atom is 0.197 e. The van der Waals surface area contributed by atoms with Gasteiger partial charge in [-0.2, -0.15) is 5.26 Å². The van der Waals surface area contributed by atoms with Crippen molar-refractivity contribution in [1.29, 1.82) is 5.26 Å². The van der Waals surface area contributed by atoms with Crippen LogP contribution in [0.2, 0.25) is 0 Å². The Balaban J connectivity index is 1.61. The third-order valence-electron chi connectivity index (χ3n) is 5.43. The average molecular weight is 403 g/mol. The Morgan fingerprint density at radius 2 is 2.20 bits per heavy atom. The van der Waals surface area contributed by atoms with Gasteiger partial charge in [0.2, 0.25) is 0 Å². The largest absolute Gasteiger partial charge is 0.495 e. The summed E-state index contributed by atoms with van der Waals surface area (Å²) in [4.78, 5) is 8.00. The van der Waals surface area contributed by atoms with Gasteiger partial charge in [-0.25, -0.2) is 14.1 Å². The summed E-state index contributed by atoms with van der Waals surface area (Å²) in [6, 6.07) is 12.5. The van der Waals surface area contributed by atoms with Crippen molar-refractivity contribution in [3.63, 3.8) is 0 Å². The number of ether oxygens (including phenoxy) is 2. The van der Waals surface area contributed by atoms with E-state index >= 15 is 0 Å². The number of hydrogen-bond acceptors (Lipinski definition) is 5. The molecule has 0 bridgehead atoms. The van der Waals surface area contributed by atoms with Crippen LogP contribution in [0.25, 0.3) is 22.4 Å². The van der Waals surface area contributed by atoms with Crippen LogP contribution in [0.1, 0.15) is 28.6 Å². The topological polar surface area (TPSA) is 88.8 Å². The van der Waals surface area contributed by atoms with Crippen molar-refractivity contribution in [3.8, 4) is 23.3 Å². The van der Waals surface area contributed by atoms with Gasteiger partial charge in [-0.15, -0.1) is 5.10 Å². The molecule has 8 heteroatoms. The molecule has 0 radical (unpaired) electrons. The first kappa shape index (κ1) is 18.3. The molecule has 150 valence electrons. The van der Waals surface area contributed by atoms with Crippen LogP contribution in [0.5, 0.6) is 5.75 Å². The number of nitriles is 1. The fourth-order valence-corrected chi connectivity index (χ4v) is 3.90. The van der Waals surface area contributed by atoms with Gasteiger partial charge in [-0.1, -0.05) is 12.1 Å². The number of fused-ring (bicyclic) bond motifs is 2. The molecule has 5 rings (SSSR count). The lowest BCUT2D eigenvalue weighted by Crippen LogP contribution is -2.24. The number of nitrogens with zero attached hydrogens (tertiary/aromatic N) is 4. The Hall–Kier alpha value is -3.70. The number of halogens is 1. The van der Waals surface area contributed by atoms with Crippen molar-refractivity contribution in [2.24, 2.45) is 0 Å². The lowest BCUT2D eigenvalue weighted by atomic mass is 10.0. The second kappa shape index (κ2) is 6.97. The summed E-state index contributed by atoms with van der Waals surface area (Å²) in [5, 5.41) is 14.7. The number of aromatic nitrogens is 4. The van der Waals surface area contributed by atoms with E-state index in [4.69, 9.17) is 14.5 Å². The summed E-state index contributed by atoms with van der Waals surface area (Å²) < 4.78 is 27.3. The molecule has 0 aliphatic carbocycles. The fourth-order valence-electron chi connectivity index (χ4n) is 3.90. The average Bonchev–Trinajstić information content (AvgIpc) is 3.38. The molecule has 0 spiro atoms. The molecule has 0 fully saturated rings. The summed E-state index contributed by atoms with van der Waals surface area (Å²) >= 11 is 0. The molecule has 0 amide bonds. The molecular weight excluding hydrogens is 385 g/mol. The SMILES string of the molecule is COc1c(C#N)ccc2[nH]c(-c3nc4n(n3)CCO[C@H]4c3cccc(F)c3C)cc12. The summed E-state index contributed by atoms with van der Waals surface area (Å²) in [6.45, 7) is 2.76. The van der Waals surface area contributed by atoms with Gasteiger partial charge in [0.15, 0.2) is 11.6 Å². The number of methoxy groups -OCH3 is 1. The van der Waals surface area contributed by atoms with Gasteiger partial charge >= 0.3 is 0 Å². The van der Waals surface area contributed by atoms with Crippen molar-refractivity contribution in [2.45, 2.75) is 19.6 Å². The first-order chi connectivity index (χ1) is 14.6. The normalized spacial score (nSPS) is 15.7. The molecular formula is C22H18FN5O2. The number of nitrogens with one attached hydrogen (secondary N) is 1. The second-order valence-corrected chi connectivity index (χ2v) is 7.12. The van der Waals surface area contributed by atoms with E-state index in [1.807, 2.05) is 18.2 Å². The van der Waals surface area contributed by atoms with Crippen LogP contribution in [0.4, 0.5) is 4.39 Å². The van der Waals surface area contributed by atoms with E-state index in [9.17, 15) is 9.65 Å². The molecule has 0 saturated carbocycles. The molecule has 3 heterocycles. The number of aromatic amines is 1. The molecule has 1 aliphatic heterocycles. The minimum atomic E-state index is -0.486. The Labute approximate surface area is 171 Å². The summed E-state index contributed by atoms with van der Waals surface area (Å²) in [7, 11) is 1.54. The van der Waals surface area contributed by atoms with Gasteiger partial charge in [0.25, 0.3) is 0 Å². The first-order valence-electron chi connectivity index (χ1n) is 9.52. The Kier molecular flexibility index (Phi) is 4.26. The van der Waals surface area contributed by atoms with Crippen LogP contribution in [-0.2, 0) is 11.3 Å². The third kappa shape index (κ3) is 2.75. The molecule has 30 heavy (non-hydrogen) atoms. The van der Waals surface area contributed by atoms with E-state index in [0.717, 1.165) is 16.5 Å². The molecule has 2 aromatic heterocycles. The van der Waals surface area contributed by atoms with Crippen molar-refractivity contribution in [3.05, 3.63) is 64.7 Å². The lowest BCUT2D eigenvalue weighted by molar-refractivity contribution is 0.0384. The van der Waals surface area contributed by atoms with E-state index in [1.165, 1.54) is 6.07 Å². The van der Waals surface area contributed by atoms with Crippen molar-refractivity contribution < 1.29 is 13.9 Å². The maximum absolute atomic E-state index is 14.1. The van der Waals surface area contributed by atoms with E-state index < -0.39 is 6.10 Å². The van der Waals surface area contributed by atoms with Crippen LogP contribution in [0.15, 0.2) is 36.4 Å². The van der Waals surface area contributed by atoms with Crippen LogP contribution in [0, 0.1) is 24.1 Å². The van der Waals surface area contributed by atoms with Crippen LogP contribution in [-0.4, -0.2) is 33.5 Å². The molecule has 0 saturated heterocycles. The predicted octanol–water partition coefficient (Wildman–Crippen LogP) is 3.87. The van der Waals surface area contributed by atoms with E-state index in [1.54, 1.807) is 30.8 Å². The summed E-state index contributed by atoms with van der Waals surface area (Å²) in [5.74, 6) is 1.38. The Morgan fingerprint density at radius 3 is 3.00 bits per heavy atom. The van der Waals surface area contributed by atoms with Gasteiger partial charge in [0, 0.05) is 10.9 Å². The standard InChI is InChI=1S/C22H18FN5O2/c1-12-14(4-3-5-16(12)23)20-22-26-21(27-28(22)8-9-30-20)18-10-15-17(25-18)7-6-13(11-24)19(15)29-2/h3-7,10,20,25H,8-9H2,1-2H3/t20-/m0/s1. The van der Waals surface area contributed by atoms with Gasteiger partial charge in [0.05, 0.1) is 31.5 Å². The van der Waals surface area contributed by atoms with E-state index in [-0.39, 0.29) is 5.82 Å². The molecule has 0 unspecified atom stereocenters. The lowest BCUT2D eigenvalue weighted by Gasteiger charge is -2.24. The van der Waals surface area contributed by atoms with Crippen LogP contribution >= 0.6 is 0 Å². The van der Waals surface area contributed by atoms with Gasteiger partial charge in [0.1, 0.15) is 23.7 Å². The highest BCUT2D eigenvalue weighted by atomic mass is 19.1. The minimum absolute atomic E-state index is 0.274. The highest BCUT2D eigenvalue weighted by molar-refractivity contribution is 5.92. The van der Waals surface area contributed by atoms with E-state index in [2.05, 4.69) is 16.2 Å². The smallest absolute Gasteiger partial charge is 0.197 e. The molecule has 1 aliphatic rings. The van der Waals surface area contributed by atoms with Crippen molar-refractivity contribution >= 4 is 10.9 Å². The number of H-pyrrole nitrogens is 1. The minimum Gasteiger partial charge on any atom is -0.495 e. The second-order valence-electron chi connectivity index (χ2n) is 7.12. The molecule has 2 aromatic carbocycles. The van der Waals surface area contributed by atoms with Crippen molar-refractivity contribution in [2.75, 3.05) is 13.7 Å². The van der Waals surface area contributed by atoms with E-state index in [0.29, 0.717) is 47.4 Å². The van der Waals surface area contributed by atoms with Gasteiger partial charge in [-0.05, 0) is 42.3 Å². The van der Waals surface area contributed by atoms with Crippen LogP contribution in [0.3, 0.4) is 0 Å². The number of hydrogen-bond donors (Lipinski definition) is 1. The third-order valence-corrected chi connectivity index (χ3v) is 5.43. The highest BCUT2D eigenvalue weighted by Gasteiger charge is 2.29. The predicted molar refractivity (Wildman–Crippen MR) is 108 cm³/mol. The van der Waals surface area contributed by atoms with Crippen LogP contribution < -0.4 is 4.74 Å². The number of rotatable bonds is 3. The first-order valence-corrected chi connectivity index (χ1v) is 9.52. The quantitative estimate of drug-likeness (QED) is 0.561. The molecule has 4 aromatic rings. The molecule has 7 nitrogen and oxygen atoms in total. The number of benzene rings is 2. The maximum atomic E-state index is 14.1. The zero-order valence-electron chi connectivity index (χ0n) is 16.4. The Morgan fingerprint density at radius 1 is 1.33 bits per heavy atom. The molecule has 1 atom stereocenters. The zero-order valence-corrected chi connectivity index (χ0v) is 16.4. The van der Waals surface area contributed by atoms with Crippen molar-refractivity contribution in [1.82, 2.24) is 19.7 Å². The summed E-state index contributed by atoms with van der Waals surface area (Å²) in [6.07, 6.45) is -0.486. The monoisotopic (exact) mass is 403 g/mol. The van der Waals surface area contributed by atoms with Gasteiger partial charge < -0.3 is 14.5 Å². The fraction of sp³-hybridized carbons (Fsp3) is 0.227. The Bertz CT molecular complexity index is 1320. The molecule has 1 N–H and O–H groups in total.